The van der Waals surface area contributed by atoms with Gasteiger partial charge in [-0.15, -0.1) is 0 Å². The third-order valence-electron chi connectivity index (χ3n) is 6.46. The van der Waals surface area contributed by atoms with E-state index in [1.54, 1.807) is 0 Å². The van der Waals surface area contributed by atoms with E-state index in [9.17, 15) is 10.1 Å². The maximum absolute atomic E-state index is 12.7. The number of hydrogen-bond donors (Lipinski definition) is 2. The number of quaternary nitrogens is 1. The van der Waals surface area contributed by atoms with Crippen LogP contribution in [0.1, 0.15) is 74.7 Å². The maximum Gasteiger partial charge on any atom is 0.280 e. The van der Waals surface area contributed by atoms with Gasteiger partial charge in [0, 0.05) is 11.7 Å². The Balaban J connectivity index is 1.78. The van der Waals surface area contributed by atoms with Crippen molar-refractivity contribution in [1.82, 2.24) is 4.57 Å². The van der Waals surface area contributed by atoms with Gasteiger partial charge in [0.25, 0.3) is 5.91 Å². The van der Waals surface area contributed by atoms with Gasteiger partial charge in [-0.05, 0) is 51.0 Å². The number of carbonyl (C=O) groups excluding carboxylic acids is 1. The molecule has 3 rings (SSSR count). The van der Waals surface area contributed by atoms with Crippen molar-refractivity contribution in [2.45, 2.75) is 71.8 Å². The molecule has 0 radical (unpaired) electrons. The van der Waals surface area contributed by atoms with Gasteiger partial charge in [-0.1, -0.05) is 26.2 Å². The lowest BCUT2D eigenvalue weighted by molar-refractivity contribution is -0.897. The van der Waals surface area contributed by atoms with Crippen LogP contribution in [-0.4, -0.2) is 30.1 Å². The minimum Gasteiger partial charge on any atom is -0.327 e. The lowest BCUT2D eigenvalue weighted by Crippen LogP contribution is -3.14. The van der Waals surface area contributed by atoms with Gasteiger partial charge in [-0.25, -0.2) is 0 Å². The Morgan fingerprint density at radius 1 is 1.19 bits per heavy atom. The molecule has 1 aliphatic carbocycles. The molecule has 1 aliphatic heterocycles. The average molecular weight is 358 g/mol. The predicted molar refractivity (Wildman–Crippen MR) is 103 cm³/mol. The fourth-order valence-electron chi connectivity index (χ4n) is 4.63. The molecular formula is C21H33N4O+. The van der Waals surface area contributed by atoms with Crippen molar-refractivity contribution in [2.24, 2.45) is 5.92 Å². The number of nitriles is 1. The van der Waals surface area contributed by atoms with Crippen molar-refractivity contribution in [2.75, 3.05) is 25.0 Å². The Morgan fingerprint density at radius 2 is 1.85 bits per heavy atom. The molecule has 1 aromatic heterocycles. The zero-order valence-electron chi connectivity index (χ0n) is 16.5. The molecule has 1 saturated carbocycles. The largest absolute Gasteiger partial charge is 0.327 e. The molecule has 2 N–H and O–H groups in total. The average Bonchev–Trinajstić information content (AvgIpc) is 2.87. The van der Waals surface area contributed by atoms with E-state index in [1.807, 2.05) is 6.92 Å². The Labute approximate surface area is 157 Å². The van der Waals surface area contributed by atoms with Crippen LogP contribution in [0.4, 0.5) is 5.82 Å². The van der Waals surface area contributed by atoms with Crippen molar-refractivity contribution in [3.63, 3.8) is 0 Å². The second kappa shape index (κ2) is 8.26. The van der Waals surface area contributed by atoms with Gasteiger partial charge in [-0.3, -0.25) is 4.79 Å². The summed E-state index contributed by atoms with van der Waals surface area (Å²) < 4.78 is 2.25. The van der Waals surface area contributed by atoms with E-state index in [-0.39, 0.29) is 5.91 Å². The van der Waals surface area contributed by atoms with Crippen LogP contribution in [0, 0.1) is 31.1 Å². The first kappa shape index (κ1) is 19.0. The van der Waals surface area contributed by atoms with Crippen molar-refractivity contribution in [3.05, 3.63) is 16.8 Å². The molecule has 0 aromatic carbocycles. The van der Waals surface area contributed by atoms with Crippen molar-refractivity contribution in [3.8, 4) is 6.07 Å². The van der Waals surface area contributed by atoms with Gasteiger partial charge < -0.3 is 14.8 Å². The summed E-state index contributed by atoms with van der Waals surface area (Å²) in [6.45, 7) is 9.02. The lowest BCUT2D eigenvalue weighted by atomic mass is 9.95. The third kappa shape index (κ3) is 3.96. The van der Waals surface area contributed by atoms with Gasteiger partial charge in [0.05, 0.1) is 18.7 Å². The zero-order chi connectivity index (χ0) is 18.7. The molecule has 1 amide bonds. The van der Waals surface area contributed by atoms with Crippen LogP contribution in [0.15, 0.2) is 0 Å². The molecule has 26 heavy (non-hydrogen) atoms. The van der Waals surface area contributed by atoms with Gasteiger partial charge in [0.2, 0.25) is 0 Å². The van der Waals surface area contributed by atoms with E-state index >= 15 is 0 Å². The Kier molecular flexibility index (Phi) is 6.03. The minimum atomic E-state index is 0.0422. The number of likely N-dealkylation sites (tertiary alicyclic amines) is 1. The van der Waals surface area contributed by atoms with Crippen molar-refractivity contribution < 1.29 is 9.69 Å². The molecule has 5 heteroatoms. The standard InChI is InChI=1S/C21H32N4O/c1-15-9-11-24(12-10-15)14-20(26)23-21-19(13-22)16(2)17(3)25(21)18-7-5-4-6-8-18/h15,18H,4-12,14H2,1-3H3,(H,23,26)/p+1. The molecule has 142 valence electrons. The van der Waals surface area contributed by atoms with E-state index in [2.05, 4.69) is 29.8 Å². The predicted octanol–water partition coefficient (Wildman–Crippen LogP) is 2.74. The smallest absolute Gasteiger partial charge is 0.280 e. The number of nitrogens with zero attached hydrogens (tertiary/aromatic N) is 2. The fraction of sp³-hybridized carbons (Fsp3) is 0.714. The summed E-state index contributed by atoms with van der Waals surface area (Å²) >= 11 is 0. The second-order valence-electron chi connectivity index (χ2n) is 8.37. The third-order valence-corrected chi connectivity index (χ3v) is 6.46. The van der Waals surface area contributed by atoms with E-state index in [0.29, 0.717) is 18.2 Å². The molecule has 2 fully saturated rings. The second-order valence-corrected chi connectivity index (χ2v) is 8.37. The Morgan fingerprint density at radius 3 is 2.46 bits per heavy atom. The summed E-state index contributed by atoms with van der Waals surface area (Å²) in [5.41, 5.74) is 2.78. The quantitative estimate of drug-likeness (QED) is 0.870. The van der Waals surface area contributed by atoms with Crippen molar-refractivity contribution in [1.29, 1.82) is 5.26 Å². The highest BCUT2D eigenvalue weighted by Crippen LogP contribution is 2.36. The van der Waals surface area contributed by atoms with E-state index in [0.717, 1.165) is 48.9 Å². The summed E-state index contributed by atoms with van der Waals surface area (Å²) in [7, 11) is 0. The summed E-state index contributed by atoms with van der Waals surface area (Å²) in [5.74, 6) is 1.56. The van der Waals surface area contributed by atoms with Crippen LogP contribution >= 0.6 is 0 Å². The molecule has 5 nitrogen and oxygen atoms in total. The molecule has 2 heterocycles. The van der Waals surface area contributed by atoms with Gasteiger partial charge >= 0.3 is 0 Å². The van der Waals surface area contributed by atoms with Crippen LogP contribution in [0.2, 0.25) is 0 Å². The Hall–Kier alpha value is -1.80. The number of hydrogen-bond acceptors (Lipinski definition) is 2. The summed E-state index contributed by atoms with van der Waals surface area (Å²) in [5, 5.41) is 12.8. The highest BCUT2D eigenvalue weighted by Gasteiger charge is 2.27. The molecular weight excluding hydrogens is 324 g/mol. The summed E-state index contributed by atoms with van der Waals surface area (Å²) in [6.07, 6.45) is 8.42. The van der Waals surface area contributed by atoms with Gasteiger partial charge in [0.15, 0.2) is 6.54 Å². The van der Waals surface area contributed by atoms with E-state index < -0.39 is 0 Å². The number of carbonyl (C=O) groups is 1. The first-order valence-electron chi connectivity index (χ1n) is 10.3. The highest BCUT2D eigenvalue weighted by molar-refractivity contribution is 5.92. The Bertz CT molecular complexity index is 686. The molecule has 0 unspecified atom stereocenters. The van der Waals surface area contributed by atoms with Crippen LogP contribution in [0.5, 0.6) is 0 Å². The molecule has 0 atom stereocenters. The molecule has 2 aliphatic rings. The molecule has 0 spiro atoms. The molecule has 1 aromatic rings. The van der Waals surface area contributed by atoms with Crippen LogP contribution < -0.4 is 10.2 Å². The maximum atomic E-state index is 12.7. The number of amides is 1. The molecule has 1 saturated heterocycles. The first-order chi connectivity index (χ1) is 12.5. The number of aromatic nitrogens is 1. The molecule has 0 bridgehead atoms. The van der Waals surface area contributed by atoms with Crippen molar-refractivity contribution >= 4 is 11.7 Å². The minimum absolute atomic E-state index is 0.0422. The SMILES string of the molecule is Cc1c(C#N)c(NC(=O)C[NH+]2CCC(C)CC2)n(C2CCCCC2)c1C. The normalized spacial score (nSPS) is 24.2. The summed E-state index contributed by atoms with van der Waals surface area (Å²) in [4.78, 5) is 14.1. The van der Waals surface area contributed by atoms with E-state index in [4.69, 9.17) is 0 Å². The van der Waals surface area contributed by atoms with Gasteiger partial charge in [0.1, 0.15) is 11.9 Å². The number of rotatable bonds is 4. The highest BCUT2D eigenvalue weighted by atomic mass is 16.2. The number of anilines is 1. The fourth-order valence-corrected chi connectivity index (χ4v) is 4.63. The first-order valence-corrected chi connectivity index (χ1v) is 10.3. The monoisotopic (exact) mass is 357 g/mol. The van der Waals surface area contributed by atoms with Crippen LogP contribution in [0.25, 0.3) is 0 Å². The topological polar surface area (TPSA) is 62.3 Å². The van der Waals surface area contributed by atoms with E-state index in [1.165, 1.54) is 37.0 Å². The lowest BCUT2D eigenvalue weighted by Gasteiger charge is -2.28. The number of nitrogens with one attached hydrogen (secondary N) is 2. The van der Waals surface area contributed by atoms with Crippen LogP contribution in [0.3, 0.4) is 0 Å². The summed E-state index contributed by atoms with van der Waals surface area (Å²) in [6, 6.07) is 2.74. The number of piperidine rings is 1. The van der Waals surface area contributed by atoms with Gasteiger partial charge in [-0.2, -0.15) is 5.26 Å². The van der Waals surface area contributed by atoms with Crippen LogP contribution in [-0.2, 0) is 4.79 Å². The zero-order valence-corrected chi connectivity index (χ0v) is 16.5.